The van der Waals surface area contributed by atoms with Gasteiger partial charge in [-0.25, -0.2) is 4.98 Å². The number of nitrogens with one attached hydrogen (secondary N) is 1. The molecule has 0 saturated heterocycles. The van der Waals surface area contributed by atoms with Crippen molar-refractivity contribution in [3.8, 4) is 0 Å². The van der Waals surface area contributed by atoms with Crippen molar-refractivity contribution in [3.05, 3.63) is 33.7 Å². The van der Waals surface area contributed by atoms with E-state index >= 15 is 0 Å². The lowest BCUT2D eigenvalue weighted by molar-refractivity contribution is 0.391. The molecule has 0 saturated carbocycles. The number of hydrogen-bond acceptors (Lipinski definition) is 3. The summed E-state index contributed by atoms with van der Waals surface area (Å²) in [4.78, 5) is 19.4. The summed E-state index contributed by atoms with van der Waals surface area (Å²) < 4.78 is 1.87. The largest absolute Gasteiger partial charge is 0.399 e. The molecule has 0 fully saturated rings. The molecule has 2 atom stereocenters. The number of imidazole rings is 1. The number of anilines is 1. The third-order valence-corrected chi connectivity index (χ3v) is 8.43. The van der Waals surface area contributed by atoms with Crippen molar-refractivity contribution in [1.29, 1.82) is 0 Å². The number of aromatic amines is 1. The third-order valence-electron chi connectivity index (χ3n) is 8.43. The van der Waals surface area contributed by atoms with Gasteiger partial charge >= 0.3 is 0 Å². The van der Waals surface area contributed by atoms with E-state index in [0.29, 0.717) is 11.3 Å². The Labute approximate surface area is 245 Å². The number of nitrogen functional groups attached to an aromatic ring is 1. The molecule has 0 spiro atoms. The zero-order valence-corrected chi connectivity index (χ0v) is 26.9. The van der Waals surface area contributed by atoms with Crippen molar-refractivity contribution >= 4 is 35.2 Å². The van der Waals surface area contributed by atoms with Crippen LogP contribution in [0.5, 0.6) is 0 Å². The lowest BCUT2D eigenvalue weighted by Crippen LogP contribution is -2.15. The van der Waals surface area contributed by atoms with Gasteiger partial charge in [0, 0.05) is 17.0 Å². The Balaban J connectivity index is 0.000000281. The van der Waals surface area contributed by atoms with Gasteiger partial charge in [-0.05, 0) is 43.4 Å². The van der Waals surface area contributed by atoms with Gasteiger partial charge in [0.2, 0.25) is 5.65 Å². The van der Waals surface area contributed by atoms with Crippen LogP contribution in [0.25, 0.3) is 16.7 Å². The monoisotopic (exact) mass is 549 g/mol. The number of nitrogens with two attached hydrogens (primary N) is 1. The Morgan fingerprint density at radius 1 is 0.850 bits per heavy atom. The number of fused-ring (bicyclic) bond motifs is 3. The molecule has 1 radical (unpaired) electrons. The van der Waals surface area contributed by atoms with Crippen molar-refractivity contribution < 1.29 is 0 Å². The number of nitrogens with zero attached hydrogens (tertiary/aromatic N) is 2. The summed E-state index contributed by atoms with van der Waals surface area (Å²) >= 11 is 0. The minimum absolute atomic E-state index is 0.184. The Morgan fingerprint density at radius 3 is 1.90 bits per heavy atom. The number of H-pyrrole nitrogens is 1. The SMILES string of the molecule is CCCCCCCC(C)CCCC(C)CCCCCCC.C[B]c1nc2c(=O)[nH]c3c(C)cc(N)cc3n2c1C. The van der Waals surface area contributed by atoms with Gasteiger partial charge in [0.05, 0.1) is 11.0 Å². The van der Waals surface area contributed by atoms with Gasteiger partial charge in [0.1, 0.15) is 0 Å². The molecule has 3 N–H and O–H groups in total. The van der Waals surface area contributed by atoms with E-state index in [2.05, 4.69) is 37.7 Å². The molecule has 2 unspecified atom stereocenters. The second kappa shape index (κ2) is 18.2. The number of benzene rings is 1. The van der Waals surface area contributed by atoms with Crippen LogP contribution >= 0.6 is 0 Å². The second-order valence-electron chi connectivity index (χ2n) is 12.3. The number of unbranched alkanes of at least 4 members (excludes halogenated alkanes) is 8. The second-order valence-corrected chi connectivity index (χ2v) is 12.3. The lowest BCUT2D eigenvalue weighted by Gasteiger charge is -2.14. The van der Waals surface area contributed by atoms with E-state index in [1.165, 1.54) is 96.3 Å². The maximum Gasteiger partial charge on any atom is 0.292 e. The molecule has 0 bridgehead atoms. The molecule has 3 aromatic rings. The summed E-state index contributed by atoms with van der Waals surface area (Å²) in [6.45, 7) is 15.3. The fourth-order valence-corrected chi connectivity index (χ4v) is 5.84. The van der Waals surface area contributed by atoms with Crippen LogP contribution in [0, 0.1) is 25.7 Å². The Bertz CT molecular complexity index is 1180. The van der Waals surface area contributed by atoms with Gasteiger partial charge in [-0.3, -0.25) is 9.20 Å². The molecule has 0 aliphatic carbocycles. The molecular weight excluding hydrogens is 491 g/mol. The summed E-state index contributed by atoms with van der Waals surface area (Å²) in [5, 5.41) is 0. The van der Waals surface area contributed by atoms with Crippen molar-refractivity contribution in [2.75, 3.05) is 5.73 Å². The van der Waals surface area contributed by atoms with Crippen LogP contribution in [-0.2, 0) is 0 Å². The highest BCUT2D eigenvalue weighted by Crippen LogP contribution is 2.22. The van der Waals surface area contributed by atoms with Crippen LogP contribution in [0.1, 0.15) is 135 Å². The molecule has 3 rings (SSSR count). The topological polar surface area (TPSA) is 76.2 Å². The fourth-order valence-electron chi connectivity index (χ4n) is 5.84. The van der Waals surface area contributed by atoms with E-state index in [4.69, 9.17) is 5.73 Å². The fraction of sp³-hybridized carbons (Fsp3) is 0.706. The first-order valence-corrected chi connectivity index (χ1v) is 16.3. The van der Waals surface area contributed by atoms with Crippen molar-refractivity contribution in [1.82, 2.24) is 14.4 Å². The van der Waals surface area contributed by atoms with Crippen molar-refractivity contribution in [2.24, 2.45) is 11.8 Å². The highest BCUT2D eigenvalue weighted by Gasteiger charge is 2.14. The standard InChI is InChI=1S/C21H44.C13H14BN4O/c1-5-7-9-11-13-16-20(3)18-15-19-21(4)17-14-12-10-8-6-2;1-6-4-8(15)5-9-10(6)16-13(19)12-17-11(14-3)7(2)18(9)12/h20-21H,5-19H2,1-4H3;4-5H,15H2,1-3H3,(H,16,19). The van der Waals surface area contributed by atoms with E-state index < -0.39 is 0 Å². The summed E-state index contributed by atoms with van der Waals surface area (Å²) in [5.41, 5.74) is 11.2. The smallest absolute Gasteiger partial charge is 0.292 e. The summed E-state index contributed by atoms with van der Waals surface area (Å²) in [7, 11) is 1.90. The van der Waals surface area contributed by atoms with Crippen LogP contribution < -0.4 is 16.9 Å². The Kier molecular flexibility index (Phi) is 15.5. The summed E-state index contributed by atoms with van der Waals surface area (Å²) in [6, 6.07) is 3.71. The van der Waals surface area contributed by atoms with Crippen LogP contribution in [0.15, 0.2) is 16.9 Å². The van der Waals surface area contributed by atoms with Crippen LogP contribution in [-0.4, -0.2) is 21.6 Å². The van der Waals surface area contributed by atoms with E-state index in [1.807, 2.05) is 44.5 Å². The molecule has 0 aliphatic rings. The van der Waals surface area contributed by atoms with Gasteiger partial charge in [-0.15, -0.1) is 0 Å². The van der Waals surface area contributed by atoms with Gasteiger partial charge in [-0.1, -0.05) is 131 Å². The molecule has 40 heavy (non-hydrogen) atoms. The van der Waals surface area contributed by atoms with Crippen molar-refractivity contribution in [3.63, 3.8) is 0 Å². The molecular formula is C34H58BN4O. The number of aryl methyl sites for hydroxylation is 2. The maximum absolute atomic E-state index is 12.1. The van der Waals surface area contributed by atoms with E-state index in [9.17, 15) is 4.79 Å². The van der Waals surface area contributed by atoms with Crippen LogP contribution in [0.4, 0.5) is 5.69 Å². The average Bonchev–Trinajstić information content (AvgIpc) is 3.27. The molecule has 2 heterocycles. The van der Waals surface area contributed by atoms with E-state index in [-0.39, 0.29) is 5.56 Å². The van der Waals surface area contributed by atoms with Gasteiger partial charge in [0.25, 0.3) is 5.56 Å². The molecule has 0 aliphatic heterocycles. The predicted octanol–water partition coefficient (Wildman–Crippen LogP) is 8.90. The summed E-state index contributed by atoms with van der Waals surface area (Å²) in [5.74, 6) is 1.92. The highest BCUT2D eigenvalue weighted by atomic mass is 16.1. The summed E-state index contributed by atoms with van der Waals surface area (Å²) in [6.07, 6.45) is 21.7. The third kappa shape index (κ3) is 10.6. The average molecular weight is 550 g/mol. The zero-order chi connectivity index (χ0) is 29.5. The molecule has 2 aromatic heterocycles. The first-order chi connectivity index (χ1) is 19.2. The van der Waals surface area contributed by atoms with E-state index in [0.717, 1.165) is 39.7 Å². The minimum atomic E-state index is -0.184. The maximum atomic E-state index is 12.1. The molecule has 6 heteroatoms. The number of aromatic nitrogens is 3. The normalized spacial score (nSPS) is 12.9. The molecule has 1 aromatic carbocycles. The van der Waals surface area contributed by atoms with Crippen LogP contribution in [0.3, 0.4) is 0 Å². The quantitative estimate of drug-likeness (QED) is 0.100. The minimum Gasteiger partial charge on any atom is -0.399 e. The van der Waals surface area contributed by atoms with Gasteiger partial charge in [0.15, 0.2) is 7.28 Å². The zero-order valence-electron chi connectivity index (χ0n) is 26.9. The van der Waals surface area contributed by atoms with E-state index in [1.54, 1.807) is 0 Å². The Morgan fingerprint density at radius 2 is 1.38 bits per heavy atom. The highest BCUT2D eigenvalue weighted by molar-refractivity contribution is 6.51. The van der Waals surface area contributed by atoms with Gasteiger partial charge in [-0.2, -0.15) is 0 Å². The molecule has 223 valence electrons. The molecule has 5 nitrogen and oxygen atoms in total. The molecule has 0 amide bonds. The lowest BCUT2D eigenvalue weighted by atomic mass is 9.77. The van der Waals surface area contributed by atoms with Crippen molar-refractivity contribution in [2.45, 2.75) is 145 Å². The first kappa shape index (κ1) is 34.0. The van der Waals surface area contributed by atoms with Gasteiger partial charge < -0.3 is 10.7 Å². The number of rotatable bonds is 17. The Hall–Kier alpha value is -2.24. The number of hydrogen-bond donors (Lipinski definition) is 2. The first-order valence-electron chi connectivity index (χ1n) is 16.3. The van der Waals surface area contributed by atoms with Crippen LogP contribution in [0.2, 0.25) is 6.82 Å². The predicted molar refractivity (Wildman–Crippen MR) is 177 cm³/mol.